The van der Waals surface area contributed by atoms with Gasteiger partial charge in [-0.1, -0.05) is 25.7 Å². The molecule has 0 N–H and O–H groups in total. The van der Waals surface area contributed by atoms with Crippen molar-refractivity contribution in [3.63, 3.8) is 0 Å². The maximum Gasteiger partial charge on any atom is 0.168 e. The molecule has 0 radical (unpaired) electrons. The van der Waals surface area contributed by atoms with Crippen LogP contribution in [0.15, 0.2) is 24.5 Å². The monoisotopic (exact) mass is 247 g/mol. The lowest BCUT2D eigenvalue weighted by Crippen LogP contribution is -2.41. The predicted octanol–water partition coefficient (Wildman–Crippen LogP) is 2.93. The number of carbonyl (C=O) groups excluding carboxylic acids is 1. The summed E-state index contributed by atoms with van der Waals surface area (Å²) < 4.78 is 5.63. The second kappa shape index (κ2) is 6.10. The van der Waals surface area contributed by atoms with E-state index in [1.54, 1.807) is 19.5 Å². The molecule has 18 heavy (non-hydrogen) atoms. The average Bonchev–Trinajstić information content (AvgIpc) is 2.66. The van der Waals surface area contributed by atoms with E-state index in [0.717, 1.165) is 31.2 Å². The molecular formula is C15H21NO2. The smallest absolute Gasteiger partial charge is 0.168 e. The Hall–Kier alpha value is -1.22. The van der Waals surface area contributed by atoms with Crippen LogP contribution in [0.5, 0.6) is 0 Å². The molecule has 0 aromatic carbocycles. The molecule has 1 aliphatic carbocycles. The number of ether oxygens (including phenoxy) is 1. The van der Waals surface area contributed by atoms with Crippen LogP contribution in [-0.2, 0) is 16.0 Å². The average molecular weight is 247 g/mol. The highest BCUT2D eigenvalue weighted by atomic mass is 16.5. The molecule has 3 nitrogen and oxygen atoms in total. The Morgan fingerprint density at radius 1 is 1.22 bits per heavy atom. The van der Waals surface area contributed by atoms with Crippen molar-refractivity contribution in [3.05, 3.63) is 30.1 Å². The standard InChI is InChI=1S/C15H21NO2/c1-18-15(8-4-2-3-5-9-15)14(17)12-13-6-10-16-11-7-13/h6-7,10-11H,2-5,8-9,12H2,1H3. The number of nitrogens with zero attached hydrogens (tertiary/aromatic N) is 1. The summed E-state index contributed by atoms with van der Waals surface area (Å²) in [6, 6.07) is 3.80. The van der Waals surface area contributed by atoms with Crippen LogP contribution in [0.1, 0.15) is 44.1 Å². The molecule has 1 fully saturated rings. The lowest BCUT2D eigenvalue weighted by Gasteiger charge is -2.29. The van der Waals surface area contributed by atoms with Gasteiger partial charge in [-0.25, -0.2) is 0 Å². The molecule has 0 aliphatic heterocycles. The van der Waals surface area contributed by atoms with Gasteiger partial charge >= 0.3 is 0 Å². The number of hydrogen-bond donors (Lipinski definition) is 0. The third-order valence-electron chi connectivity index (χ3n) is 3.92. The van der Waals surface area contributed by atoms with E-state index in [1.807, 2.05) is 12.1 Å². The molecule has 1 heterocycles. The quantitative estimate of drug-likeness (QED) is 0.768. The Labute approximate surface area is 109 Å². The first kappa shape index (κ1) is 13.2. The third kappa shape index (κ3) is 2.96. The maximum atomic E-state index is 12.5. The number of carbonyl (C=O) groups is 1. The van der Waals surface area contributed by atoms with Crippen molar-refractivity contribution >= 4 is 5.78 Å². The van der Waals surface area contributed by atoms with Gasteiger partial charge in [-0.2, -0.15) is 0 Å². The van der Waals surface area contributed by atoms with E-state index in [0.29, 0.717) is 6.42 Å². The van der Waals surface area contributed by atoms with Gasteiger partial charge in [-0.05, 0) is 30.5 Å². The van der Waals surface area contributed by atoms with Gasteiger partial charge in [0, 0.05) is 25.9 Å². The first-order valence-electron chi connectivity index (χ1n) is 6.74. The van der Waals surface area contributed by atoms with Crippen molar-refractivity contribution < 1.29 is 9.53 Å². The fourth-order valence-electron chi connectivity index (χ4n) is 2.74. The number of aromatic nitrogens is 1. The number of pyridine rings is 1. The highest BCUT2D eigenvalue weighted by Gasteiger charge is 2.37. The fourth-order valence-corrected chi connectivity index (χ4v) is 2.74. The summed E-state index contributed by atoms with van der Waals surface area (Å²) in [5.74, 6) is 0.220. The second-order valence-corrected chi connectivity index (χ2v) is 5.07. The van der Waals surface area contributed by atoms with E-state index in [2.05, 4.69) is 4.98 Å². The zero-order valence-electron chi connectivity index (χ0n) is 11.0. The number of Topliss-reactive ketones (excluding diaryl/α,β-unsaturated/α-hetero) is 1. The first-order chi connectivity index (χ1) is 8.77. The van der Waals surface area contributed by atoms with Crippen LogP contribution in [0.2, 0.25) is 0 Å². The highest BCUT2D eigenvalue weighted by molar-refractivity contribution is 5.89. The normalized spacial score (nSPS) is 19.2. The molecule has 1 aromatic rings. The Morgan fingerprint density at radius 3 is 2.39 bits per heavy atom. The number of ketones is 1. The topological polar surface area (TPSA) is 39.2 Å². The molecule has 1 aliphatic rings. The SMILES string of the molecule is COC1(C(=O)Cc2ccncc2)CCCCCC1. The van der Waals surface area contributed by atoms with Crippen LogP contribution in [-0.4, -0.2) is 23.5 Å². The summed E-state index contributed by atoms with van der Waals surface area (Å²) in [6.07, 6.45) is 10.3. The molecule has 2 rings (SSSR count). The van der Waals surface area contributed by atoms with Crippen molar-refractivity contribution in [2.45, 2.75) is 50.5 Å². The van der Waals surface area contributed by atoms with Crippen molar-refractivity contribution in [2.24, 2.45) is 0 Å². The van der Waals surface area contributed by atoms with Crippen molar-refractivity contribution in [1.29, 1.82) is 0 Å². The number of methoxy groups -OCH3 is 1. The number of rotatable bonds is 4. The maximum absolute atomic E-state index is 12.5. The Balaban J connectivity index is 2.09. The summed E-state index contributed by atoms with van der Waals surface area (Å²) in [6.45, 7) is 0. The van der Waals surface area contributed by atoms with Crippen LogP contribution in [0.25, 0.3) is 0 Å². The molecule has 0 bridgehead atoms. The Kier molecular flexibility index (Phi) is 4.48. The molecule has 0 saturated heterocycles. The largest absolute Gasteiger partial charge is 0.370 e. The summed E-state index contributed by atoms with van der Waals surface area (Å²) in [7, 11) is 1.68. The van der Waals surface area contributed by atoms with Gasteiger partial charge in [-0.3, -0.25) is 9.78 Å². The Morgan fingerprint density at radius 2 is 1.83 bits per heavy atom. The van der Waals surface area contributed by atoms with Crippen molar-refractivity contribution in [2.75, 3.05) is 7.11 Å². The summed E-state index contributed by atoms with van der Waals surface area (Å²) in [5.41, 5.74) is 0.482. The van der Waals surface area contributed by atoms with E-state index in [1.165, 1.54) is 12.8 Å². The van der Waals surface area contributed by atoms with E-state index in [9.17, 15) is 4.79 Å². The van der Waals surface area contributed by atoms with Crippen LogP contribution in [0, 0.1) is 0 Å². The second-order valence-electron chi connectivity index (χ2n) is 5.07. The van der Waals surface area contributed by atoms with E-state index in [4.69, 9.17) is 4.74 Å². The van der Waals surface area contributed by atoms with Gasteiger partial charge in [0.05, 0.1) is 0 Å². The highest BCUT2D eigenvalue weighted by Crippen LogP contribution is 2.31. The van der Waals surface area contributed by atoms with Crippen molar-refractivity contribution in [1.82, 2.24) is 4.98 Å². The summed E-state index contributed by atoms with van der Waals surface area (Å²) in [4.78, 5) is 16.5. The fraction of sp³-hybridized carbons (Fsp3) is 0.600. The van der Waals surface area contributed by atoms with Gasteiger partial charge in [0.25, 0.3) is 0 Å². The van der Waals surface area contributed by atoms with Gasteiger partial charge in [0.1, 0.15) is 5.60 Å². The van der Waals surface area contributed by atoms with Gasteiger partial charge in [0.15, 0.2) is 5.78 Å². The van der Waals surface area contributed by atoms with Gasteiger partial charge in [0.2, 0.25) is 0 Å². The first-order valence-corrected chi connectivity index (χ1v) is 6.74. The molecule has 0 unspecified atom stereocenters. The van der Waals surface area contributed by atoms with Crippen LogP contribution >= 0.6 is 0 Å². The van der Waals surface area contributed by atoms with Crippen LogP contribution < -0.4 is 0 Å². The molecule has 3 heteroatoms. The molecule has 98 valence electrons. The summed E-state index contributed by atoms with van der Waals surface area (Å²) in [5, 5.41) is 0. The van der Waals surface area contributed by atoms with Crippen LogP contribution in [0.4, 0.5) is 0 Å². The minimum absolute atomic E-state index is 0.220. The molecular weight excluding hydrogens is 226 g/mol. The van der Waals surface area contributed by atoms with E-state index >= 15 is 0 Å². The Bertz CT molecular complexity index is 381. The molecule has 1 aromatic heterocycles. The minimum Gasteiger partial charge on any atom is -0.370 e. The lowest BCUT2D eigenvalue weighted by atomic mass is 9.86. The van der Waals surface area contributed by atoms with Gasteiger partial charge < -0.3 is 4.74 Å². The van der Waals surface area contributed by atoms with Gasteiger partial charge in [-0.15, -0.1) is 0 Å². The van der Waals surface area contributed by atoms with E-state index in [-0.39, 0.29) is 5.78 Å². The summed E-state index contributed by atoms with van der Waals surface area (Å²) >= 11 is 0. The molecule has 0 atom stereocenters. The third-order valence-corrected chi connectivity index (χ3v) is 3.92. The zero-order chi connectivity index (χ0) is 12.8. The van der Waals surface area contributed by atoms with Crippen molar-refractivity contribution in [3.8, 4) is 0 Å². The lowest BCUT2D eigenvalue weighted by molar-refractivity contribution is -0.142. The predicted molar refractivity (Wildman–Crippen MR) is 70.4 cm³/mol. The molecule has 0 amide bonds. The number of hydrogen-bond acceptors (Lipinski definition) is 3. The molecule has 0 spiro atoms. The van der Waals surface area contributed by atoms with Crippen LogP contribution in [0.3, 0.4) is 0 Å². The molecule has 1 saturated carbocycles. The minimum atomic E-state index is -0.542. The zero-order valence-corrected chi connectivity index (χ0v) is 11.0. The van der Waals surface area contributed by atoms with E-state index < -0.39 is 5.60 Å².